The molecule has 64 valence electrons. The Kier molecular flexibility index (Phi) is 4.92. The van der Waals surface area contributed by atoms with Gasteiger partial charge in [0.1, 0.15) is 4.61 Å². The molecule has 11 heavy (non-hydrogen) atoms. The molecule has 0 amide bonds. The lowest BCUT2D eigenvalue weighted by atomic mass is 10.4. The van der Waals surface area contributed by atoms with Crippen LogP contribution in [0.25, 0.3) is 0 Å². The third-order valence-corrected chi connectivity index (χ3v) is 1.10. The number of aliphatic carboxylic acids is 1. The van der Waals surface area contributed by atoms with E-state index in [0.29, 0.717) is 0 Å². The summed E-state index contributed by atoms with van der Waals surface area (Å²) in [4.78, 5) is 20.5. The predicted octanol–water partition coefficient (Wildman–Crippen LogP) is 1.01. The zero-order chi connectivity index (χ0) is 8.85. The van der Waals surface area contributed by atoms with Crippen molar-refractivity contribution in [1.82, 2.24) is 0 Å². The van der Waals surface area contributed by atoms with Crippen molar-refractivity contribution in [3.8, 4) is 0 Å². The summed E-state index contributed by atoms with van der Waals surface area (Å²) in [6.07, 6.45) is -2.13. The van der Waals surface area contributed by atoms with Crippen molar-refractivity contribution in [2.24, 2.45) is 0 Å². The molecular formula is C5H7IO5. The highest BCUT2D eigenvalue weighted by Crippen LogP contribution is 1.95. The number of hydrogen-bond donors (Lipinski definition) is 1. The Morgan fingerprint density at radius 1 is 1.64 bits per heavy atom. The molecule has 0 saturated carbocycles. The van der Waals surface area contributed by atoms with Crippen LogP contribution in [0.3, 0.4) is 0 Å². The lowest BCUT2D eigenvalue weighted by molar-refractivity contribution is -0.146. The Bertz CT molecular complexity index is 157. The van der Waals surface area contributed by atoms with E-state index in [0.717, 1.165) is 0 Å². The second-order valence-corrected chi connectivity index (χ2v) is 2.22. The van der Waals surface area contributed by atoms with E-state index in [2.05, 4.69) is 9.47 Å². The van der Waals surface area contributed by atoms with E-state index in [4.69, 9.17) is 5.11 Å². The number of hydrogen-bond acceptors (Lipinski definition) is 4. The third kappa shape index (κ3) is 4.82. The van der Waals surface area contributed by atoms with Gasteiger partial charge in [0, 0.05) is 0 Å². The average Bonchev–Trinajstić information content (AvgIpc) is 1.87. The minimum Gasteiger partial charge on any atom is -0.479 e. The largest absolute Gasteiger partial charge is 0.509 e. The molecule has 1 atom stereocenters. The van der Waals surface area contributed by atoms with E-state index in [1.54, 1.807) is 22.6 Å². The minimum atomic E-state index is -1.20. The van der Waals surface area contributed by atoms with Crippen molar-refractivity contribution in [3.05, 3.63) is 0 Å². The van der Waals surface area contributed by atoms with Gasteiger partial charge in [-0.05, 0) is 29.5 Å². The van der Waals surface area contributed by atoms with Gasteiger partial charge in [-0.3, -0.25) is 0 Å². The van der Waals surface area contributed by atoms with Crippen LogP contribution in [0.5, 0.6) is 0 Å². The summed E-state index contributed by atoms with van der Waals surface area (Å²) in [5.74, 6) is -1.20. The molecule has 0 saturated heterocycles. The zero-order valence-corrected chi connectivity index (χ0v) is 7.90. The number of rotatable bonds is 3. The normalized spacial score (nSPS) is 11.8. The van der Waals surface area contributed by atoms with Gasteiger partial charge >= 0.3 is 12.1 Å². The lowest BCUT2D eigenvalue weighted by Gasteiger charge is -2.06. The molecule has 0 bridgehead atoms. The number of carbonyl (C=O) groups is 2. The third-order valence-electron chi connectivity index (χ3n) is 0.793. The Labute approximate surface area is 76.8 Å². The van der Waals surface area contributed by atoms with Gasteiger partial charge in [0.05, 0.1) is 0 Å². The molecule has 0 rings (SSSR count). The number of alkyl halides is 1. The van der Waals surface area contributed by atoms with Gasteiger partial charge < -0.3 is 14.6 Å². The summed E-state index contributed by atoms with van der Waals surface area (Å²) in [6, 6.07) is 0. The molecule has 5 nitrogen and oxygen atoms in total. The first-order chi connectivity index (χ1) is 5.07. The second kappa shape index (κ2) is 5.16. The molecule has 1 unspecified atom stereocenters. The molecule has 0 spiro atoms. The smallest absolute Gasteiger partial charge is 0.479 e. The molecule has 0 aliphatic rings. The maximum atomic E-state index is 10.4. The van der Waals surface area contributed by atoms with Crippen molar-refractivity contribution in [2.45, 2.75) is 13.0 Å². The second-order valence-electron chi connectivity index (χ2n) is 1.60. The van der Waals surface area contributed by atoms with Crippen molar-refractivity contribution in [2.75, 3.05) is 4.61 Å². The van der Waals surface area contributed by atoms with Gasteiger partial charge in [-0.15, -0.1) is 0 Å². The summed E-state index contributed by atoms with van der Waals surface area (Å²) in [5, 5.41) is 8.26. The molecule has 0 radical (unpaired) electrons. The summed E-state index contributed by atoms with van der Waals surface area (Å²) < 4.78 is 8.75. The van der Waals surface area contributed by atoms with Crippen molar-refractivity contribution in [3.63, 3.8) is 0 Å². The SMILES string of the molecule is CC(OC(=O)OCI)C(=O)O. The van der Waals surface area contributed by atoms with Crippen LogP contribution < -0.4 is 0 Å². The molecule has 0 aromatic rings. The van der Waals surface area contributed by atoms with E-state index in [1.807, 2.05) is 0 Å². The quantitative estimate of drug-likeness (QED) is 0.472. The Balaban J connectivity index is 3.66. The molecule has 1 N–H and O–H groups in total. The fraction of sp³-hybridized carbons (Fsp3) is 0.600. The first-order valence-electron chi connectivity index (χ1n) is 2.70. The van der Waals surface area contributed by atoms with Crippen LogP contribution in [-0.4, -0.2) is 27.9 Å². The van der Waals surface area contributed by atoms with Gasteiger partial charge in [-0.1, -0.05) is 0 Å². The van der Waals surface area contributed by atoms with Gasteiger partial charge in [0.25, 0.3) is 0 Å². The Hall–Kier alpha value is -0.530. The van der Waals surface area contributed by atoms with E-state index in [9.17, 15) is 9.59 Å². The van der Waals surface area contributed by atoms with E-state index < -0.39 is 18.2 Å². The van der Waals surface area contributed by atoms with Crippen LogP contribution in [0, 0.1) is 0 Å². The van der Waals surface area contributed by atoms with Crippen molar-refractivity contribution < 1.29 is 24.2 Å². The minimum absolute atomic E-state index is 0.142. The van der Waals surface area contributed by atoms with Crippen LogP contribution in [-0.2, 0) is 14.3 Å². The van der Waals surface area contributed by atoms with E-state index >= 15 is 0 Å². The molecule has 0 aromatic carbocycles. The molecule has 0 aromatic heterocycles. The first kappa shape index (κ1) is 10.5. The summed E-state index contributed by atoms with van der Waals surface area (Å²) in [6.45, 7) is 1.25. The van der Waals surface area contributed by atoms with Crippen LogP contribution in [0.1, 0.15) is 6.92 Å². The average molecular weight is 274 g/mol. The highest BCUT2D eigenvalue weighted by molar-refractivity contribution is 14.1. The van der Waals surface area contributed by atoms with Gasteiger partial charge in [0.15, 0.2) is 6.10 Å². The van der Waals surface area contributed by atoms with Gasteiger partial charge in [-0.25, -0.2) is 9.59 Å². The summed E-state index contributed by atoms with van der Waals surface area (Å²) >= 11 is 1.80. The van der Waals surface area contributed by atoms with Crippen molar-refractivity contribution >= 4 is 34.7 Å². The van der Waals surface area contributed by atoms with Gasteiger partial charge in [-0.2, -0.15) is 0 Å². The molecule has 6 heteroatoms. The predicted molar refractivity (Wildman–Crippen MR) is 43.6 cm³/mol. The molecule has 0 fully saturated rings. The topological polar surface area (TPSA) is 72.8 Å². The standard InChI is InChI=1S/C5H7IO5/c1-3(4(7)8)11-5(9)10-2-6/h3H,2H2,1H3,(H,7,8). The van der Waals surface area contributed by atoms with Crippen LogP contribution >= 0.6 is 22.6 Å². The lowest BCUT2D eigenvalue weighted by Crippen LogP contribution is -2.23. The van der Waals surface area contributed by atoms with Crippen LogP contribution in [0.15, 0.2) is 0 Å². The number of halogens is 1. The van der Waals surface area contributed by atoms with E-state index in [-0.39, 0.29) is 4.61 Å². The first-order valence-corrected chi connectivity index (χ1v) is 4.22. The molecule has 0 aliphatic heterocycles. The summed E-state index contributed by atoms with van der Waals surface area (Å²) in [5.41, 5.74) is 0. The number of carboxylic acids is 1. The fourth-order valence-corrected chi connectivity index (χ4v) is 0.528. The maximum absolute atomic E-state index is 10.4. The van der Waals surface area contributed by atoms with Gasteiger partial charge in [0.2, 0.25) is 0 Å². The van der Waals surface area contributed by atoms with Crippen LogP contribution in [0.2, 0.25) is 0 Å². The van der Waals surface area contributed by atoms with E-state index in [1.165, 1.54) is 6.92 Å². The van der Waals surface area contributed by atoms with Crippen molar-refractivity contribution in [1.29, 1.82) is 0 Å². The number of carbonyl (C=O) groups excluding carboxylic acids is 1. The Morgan fingerprint density at radius 3 is 2.55 bits per heavy atom. The Morgan fingerprint density at radius 2 is 2.18 bits per heavy atom. The summed E-state index contributed by atoms with van der Waals surface area (Å²) in [7, 11) is 0. The molecule has 0 heterocycles. The molecular weight excluding hydrogens is 267 g/mol. The highest BCUT2D eigenvalue weighted by atomic mass is 127. The zero-order valence-electron chi connectivity index (χ0n) is 5.74. The van der Waals surface area contributed by atoms with Crippen LogP contribution in [0.4, 0.5) is 4.79 Å². The maximum Gasteiger partial charge on any atom is 0.509 e. The number of carboxylic acid groups (broad SMARTS) is 1. The highest BCUT2D eigenvalue weighted by Gasteiger charge is 2.16. The molecule has 0 aliphatic carbocycles. The number of ether oxygens (including phenoxy) is 2. The fourth-order valence-electron chi connectivity index (χ4n) is 0.273. The monoisotopic (exact) mass is 274 g/mol.